The van der Waals surface area contributed by atoms with Crippen molar-refractivity contribution < 1.29 is 15.3 Å². The molecule has 0 saturated heterocycles. The van der Waals surface area contributed by atoms with Gasteiger partial charge in [-0.25, -0.2) is 0 Å². The minimum absolute atomic E-state index is 0.0517. The van der Waals surface area contributed by atoms with Gasteiger partial charge in [-0.3, -0.25) is 10.00 Å². The molecule has 2 rings (SSSR count). The molecule has 1 unspecified atom stereocenters. The largest absolute Gasteiger partial charge is 0.395 e. The Kier molecular flexibility index (Phi) is 5.69. The van der Waals surface area contributed by atoms with Gasteiger partial charge in [0.1, 0.15) is 0 Å². The maximum absolute atomic E-state index is 10.4. The highest BCUT2D eigenvalue weighted by molar-refractivity contribution is 5.82. The minimum Gasteiger partial charge on any atom is -0.395 e. The molecule has 1 atom stereocenters. The number of benzene rings is 1. The summed E-state index contributed by atoms with van der Waals surface area (Å²) in [6, 6.07) is 3.84. The fourth-order valence-corrected chi connectivity index (χ4v) is 2.62. The molecule has 2 aromatic rings. The Morgan fingerprint density at radius 3 is 2.57 bits per heavy atom. The lowest BCUT2D eigenvalue weighted by Crippen LogP contribution is -2.31. The van der Waals surface area contributed by atoms with Crippen LogP contribution in [0.15, 0.2) is 18.3 Å². The molecule has 4 N–H and O–H groups in total. The van der Waals surface area contributed by atoms with Crippen LogP contribution >= 0.6 is 0 Å². The van der Waals surface area contributed by atoms with Crippen LogP contribution in [-0.2, 0) is 0 Å². The molecule has 6 nitrogen and oxygen atoms in total. The predicted octanol–water partition coefficient (Wildman–Crippen LogP) is 0.581. The van der Waals surface area contributed by atoms with Crippen LogP contribution in [0.25, 0.3) is 10.9 Å². The SMILES string of the molecule is Cc1c(C(O)CCN(CCO)CCO)ccc2[nH]ncc12. The van der Waals surface area contributed by atoms with Crippen LogP contribution in [0.5, 0.6) is 0 Å². The van der Waals surface area contributed by atoms with Crippen LogP contribution in [0, 0.1) is 6.92 Å². The highest BCUT2D eigenvalue weighted by Gasteiger charge is 2.14. The molecule has 0 aliphatic heterocycles. The molecule has 0 spiro atoms. The third kappa shape index (κ3) is 3.79. The molecule has 21 heavy (non-hydrogen) atoms. The molecule has 1 heterocycles. The van der Waals surface area contributed by atoms with Crippen molar-refractivity contribution in [3.05, 3.63) is 29.5 Å². The summed E-state index contributed by atoms with van der Waals surface area (Å²) in [6.45, 7) is 3.73. The van der Waals surface area contributed by atoms with E-state index in [1.54, 1.807) is 6.20 Å². The standard InChI is InChI=1S/C15H23N3O3/c1-11-12(2-3-14-13(11)10-16-17-14)15(21)4-5-18(6-8-19)7-9-20/h2-3,10,15,19-21H,4-9H2,1H3,(H,16,17). The van der Waals surface area contributed by atoms with Crippen molar-refractivity contribution >= 4 is 10.9 Å². The summed E-state index contributed by atoms with van der Waals surface area (Å²) in [7, 11) is 0. The fraction of sp³-hybridized carbons (Fsp3) is 0.533. The Morgan fingerprint density at radius 2 is 1.90 bits per heavy atom. The summed E-state index contributed by atoms with van der Waals surface area (Å²) < 4.78 is 0. The first-order chi connectivity index (χ1) is 10.2. The average molecular weight is 293 g/mol. The van der Waals surface area contributed by atoms with Crippen molar-refractivity contribution in [2.45, 2.75) is 19.4 Å². The first-order valence-corrected chi connectivity index (χ1v) is 7.22. The van der Waals surface area contributed by atoms with E-state index in [0.29, 0.717) is 26.1 Å². The van der Waals surface area contributed by atoms with Crippen molar-refractivity contribution in [2.24, 2.45) is 0 Å². The average Bonchev–Trinajstić information content (AvgIpc) is 2.95. The van der Waals surface area contributed by atoms with Gasteiger partial charge in [0.25, 0.3) is 0 Å². The summed E-state index contributed by atoms with van der Waals surface area (Å²) in [4.78, 5) is 1.94. The van der Waals surface area contributed by atoms with Gasteiger partial charge in [-0.2, -0.15) is 5.10 Å². The van der Waals surface area contributed by atoms with Gasteiger partial charge in [-0.1, -0.05) is 6.07 Å². The van der Waals surface area contributed by atoms with Gasteiger partial charge in [0.15, 0.2) is 0 Å². The third-order valence-electron chi connectivity index (χ3n) is 3.85. The number of aliphatic hydroxyl groups excluding tert-OH is 3. The number of H-pyrrole nitrogens is 1. The van der Waals surface area contributed by atoms with E-state index in [1.165, 1.54) is 0 Å². The number of nitrogens with one attached hydrogen (secondary N) is 1. The van der Waals surface area contributed by atoms with Gasteiger partial charge in [-0.05, 0) is 30.5 Å². The van der Waals surface area contributed by atoms with Crippen LogP contribution < -0.4 is 0 Å². The molecule has 0 aliphatic carbocycles. The Balaban J connectivity index is 2.04. The minimum atomic E-state index is -0.566. The molecule has 0 saturated carbocycles. The number of fused-ring (bicyclic) bond motifs is 1. The van der Waals surface area contributed by atoms with Crippen molar-refractivity contribution in [3.63, 3.8) is 0 Å². The predicted molar refractivity (Wildman–Crippen MR) is 81.0 cm³/mol. The Hall–Kier alpha value is -1.47. The summed E-state index contributed by atoms with van der Waals surface area (Å²) in [5, 5.41) is 36.3. The number of aromatic nitrogens is 2. The quantitative estimate of drug-likeness (QED) is 0.571. The lowest BCUT2D eigenvalue weighted by atomic mass is 9.98. The number of rotatable bonds is 8. The number of hydrogen-bond donors (Lipinski definition) is 4. The number of aliphatic hydroxyl groups is 3. The zero-order valence-corrected chi connectivity index (χ0v) is 12.3. The van der Waals surface area contributed by atoms with Crippen LogP contribution in [-0.4, -0.2) is 63.3 Å². The van der Waals surface area contributed by atoms with Gasteiger partial charge < -0.3 is 15.3 Å². The van der Waals surface area contributed by atoms with E-state index in [2.05, 4.69) is 10.2 Å². The number of aromatic amines is 1. The van der Waals surface area contributed by atoms with E-state index in [9.17, 15) is 5.11 Å². The van der Waals surface area contributed by atoms with E-state index >= 15 is 0 Å². The summed E-state index contributed by atoms with van der Waals surface area (Å²) >= 11 is 0. The van der Waals surface area contributed by atoms with Crippen LogP contribution in [0.2, 0.25) is 0 Å². The first-order valence-electron chi connectivity index (χ1n) is 7.22. The maximum Gasteiger partial charge on any atom is 0.0805 e. The van der Waals surface area contributed by atoms with Crippen LogP contribution in [0.1, 0.15) is 23.7 Å². The second-order valence-corrected chi connectivity index (χ2v) is 5.20. The van der Waals surface area contributed by atoms with E-state index in [0.717, 1.165) is 22.0 Å². The van der Waals surface area contributed by atoms with E-state index in [4.69, 9.17) is 10.2 Å². The van der Waals surface area contributed by atoms with Crippen molar-refractivity contribution in [1.29, 1.82) is 0 Å². The molecule has 0 bridgehead atoms. The van der Waals surface area contributed by atoms with Gasteiger partial charge in [0, 0.05) is 25.0 Å². The number of nitrogens with zero attached hydrogens (tertiary/aromatic N) is 2. The van der Waals surface area contributed by atoms with Crippen LogP contribution in [0.3, 0.4) is 0 Å². The molecule has 0 fully saturated rings. The number of hydrogen-bond acceptors (Lipinski definition) is 5. The summed E-state index contributed by atoms with van der Waals surface area (Å²) in [5.74, 6) is 0. The fourth-order valence-electron chi connectivity index (χ4n) is 2.62. The molecular weight excluding hydrogens is 270 g/mol. The van der Waals surface area contributed by atoms with Crippen molar-refractivity contribution in [3.8, 4) is 0 Å². The monoisotopic (exact) mass is 293 g/mol. The zero-order valence-electron chi connectivity index (χ0n) is 12.3. The van der Waals surface area contributed by atoms with Gasteiger partial charge in [0.2, 0.25) is 0 Å². The third-order valence-corrected chi connectivity index (χ3v) is 3.85. The molecule has 0 radical (unpaired) electrons. The second-order valence-electron chi connectivity index (χ2n) is 5.20. The van der Waals surface area contributed by atoms with Gasteiger partial charge in [-0.15, -0.1) is 0 Å². The molecule has 1 aromatic heterocycles. The lowest BCUT2D eigenvalue weighted by Gasteiger charge is -2.22. The maximum atomic E-state index is 10.4. The smallest absolute Gasteiger partial charge is 0.0805 e. The zero-order chi connectivity index (χ0) is 15.2. The van der Waals surface area contributed by atoms with Crippen molar-refractivity contribution in [2.75, 3.05) is 32.8 Å². The highest BCUT2D eigenvalue weighted by Crippen LogP contribution is 2.26. The van der Waals surface area contributed by atoms with E-state index in [-0.39, 0.29) is 13.2 Å². The first kappa shape index (κ1) is 15.9. The van der Waals surface area contributed by atoms with E-state index < -0.39 is 6.10 Å². The molecule has 6 heteroatoms. The molecule has 0 aliphatic rings. The summed E-state index contributed by atoms with van der Waals surface area (Å²) in [6.07, 6.45) is 1.76. The molecule has 0 amide bonds. The second kappa shape index (κ2) is 7.51. The summed E-state index contributed by atoms with van der Waals surface area (Å²) in [5.41, 5.74) is 2.90. The van der Waals surface area contributed by atoms with Crippen molar-refractivity contribution in [1.82, 2.24) is 15.1 Å². The molecule has 1 aromatic carbocycles. The molecule has 116 valence electrons. The van der Waals surface area contributed by atoms with Gasteiger partial charge in [0.05, 0.1) is 31.0 Å². The topological polar surface area (TPSA) is 92.6 Å². The molecular formula is C15H23N3O3. The lowest BCUT2D eigenvalue weighted by molar-refractivity contribution is 0.118. The van der Waals surface area contributed by atoms with Gasteiger partial charge >= 0.3 is 0 Å². The normalized spacial score (nSPS) is 13.2. The Morgan fingerprint density at radius 1 is 1.19 bits per heavy atom. The van der Waals surface area contributed by atoms with E-state index in [1.807, 2.05) is 24.0 Å². The Bertz CT molecular complexity index is 564. The van der Waals surface area contributed by atoms with Crippen LogP contribution in [0.4, 0.5) is 0 Å². The Labute approximate surface area is 124 Å². The number of aryl methyl sites for hydroxylation is 1. The highest BCUT2D eigenvalue weighted by atomic mass is 16.3.